The van der Waals surface area contributed by atoms with Crippen LogP contribution in [0.15, 0.2) is 0 Å². The number of anilines is 1. The molecule has 0 spiro atoms. The van der Waals surface area contributed by atoms with E-state index in [1.54, 1.807) is 0 Å². The summed E-state index contributed by atoms with van der Waals surface area (Å²) in [4.78, 5) is 9.44. The summed E-state index contributed by atoms with van der Waals surface area (Å²) in [6.07, 6.45) is 4.49. The fourth-order valence-electron chi connectivity index (χ4n) is 2.98. The van der Waals surface area contributed by atoms with E-state index in [1.165, 1.54) is 0 Å². The Hall–Kier alpha value is -1.69. The van der Waals surface area contributed by atoms with Crippen molar-refractivity contribution in [2.24, 2.45) is 0 Å². The standard InChI is InChI=1S/C16H25N5O/c1-4-7-13-18-14-11(3)20-21(5-2)15(14)16(19-13)17-10-12-8-6-9-22-12/h12H,4-10H2,1-3H3,(H,17,18,19)/t12-/m0/s1. The zero-order chi connectivity index (χ0) is 15.5. The zero-order valence-electron chi connectivity index (χ0n) is 13.7. The molecule has 0 aromatic carbocycles. The smallest absolute Gasteiger partial charge is 0.156 e. The Morgan fingerprint density at radius 1 is 1.32 bits per heavy atom. The fourth-order valence-corrected chi connectivity index (χ4v) is 2.98. The first-order valence-electron chi connectivity index (χ1n) is 8.32. The summed E-state index contributed by atoms with van der Waals surface area (Å²) in [5, 5.41) is 8.07. The summed E-state index contributed by atoms with van der Waals surface area (Å²) < 4.78 is 7.68. The Morgan fingerprint density at radius 2 is 2.18 bits per heavy atom. The van der Waals surface area contributed by atoms with Gasteiger partial charge in [0.2, 0.25) is 0 Å². The molecule has 0 aliphatic carbocycles. The highest BCUT2D eigenvalue weighted by molar-refractivity contribution is 5.87. The molecule has 0 bridgehead atoms. The largest absolute Gasteiger partial charge is 0.376 e. The average Bonchev–Trinajstić information content (AvgIpc) is 3.14. The number of fused-ring (bicyclic) bond motifs is 1. The Morgan fingerprint density at radius 3 is 2.86 bits per heavy atom. The van der Waals surface area contributed by atoms with Crippen molar-refractivity contribution in [1.82, 2.24) is 19.7 Å². The molecule has 0 saturated carbocycles. The highest BCUT2D eigenvalue weighted by atomic mass is 16.5. The zero-order valence-corrected chi connectivity index (χ0v) is 13.7. The van der Waals surface area contributed by atoms with Gasteiger partial charge < -0.3 is 10.1 Å². The molecule has 2 aromatic heterocycles. The van der Waals surface area contributed by atoms with Crippen molar-refractivity contribution in [2.75, 3.05) is 18.5 Å². The van der Waals surface area contributed by atoms with E-state index in [0.29, 0.717) is 6.10 Å². The number of ether oxygens (including phenoxy) is 1. The van der Waals surface area contributed by atoms with E-state index in [1.807, 2.05) is 11.6 Å². The minimum atomic E-state index is 0.290. The van der Waals surface area contributed by atoms with Gasteiger partial charge in [-0.1, -0.05) is 6.92 Å². The first kappa shape index (κ1) is 15.2. The third-order valence-corrected chi connectivity index (χ3v) is 4.10. The lowest BCUT2D eigenvalue weighted by Crippen LogP contribution is -2.20. The van der Waals surface area contributed by atoms with E-state index in [-0.39, 0.29) is 0 Å². The molecular weight excluding hydrogens is 278 g/mol. The van der Waals surface area contributed by atoms with Crippen molar-refractivity contribution in [3.05, 3.63) is 11.5 Å². The van der Waals surface area contributed by atoms with Crippen molar-refractivity contribution in [1.29, 1.82) is 0 Å². The molecule has 2 aromatic rings. The van der Waals surface area contributed by atoms with Gasteiger partial charge in [0.1, 0.15) is 16.9 Å². The van der Waals surface area contributed by atoms with Gasteiger partial charge in [-0.05, 0) is 33.1 Å². The number of hydrogen-bond donors (Lipinski definition) is 1. The third kappa shape index (κ3) is 2.92. The van der Waals surface area contributed by atoms with Crippen LogP contribution >= 0.6 is 0 Å². The van der Waals surface area contributed by atoms with Gasteiger partial charge in [0.05, 0.1) is 11.8 Å². The van der Waals surface area contributed by atoms with Crippen LogP contribution in [0.1, 0.15) is 44.6 Å². The van der Waals surface area contributed by atoms with Crippen molar-refractivity contribution in [3.8, 4) is 0 Å². The number of rotatable bonds is 6. The predicted octanol–water partition coefficient (Wildman–Crippen LogP) is 2.70. The lowest BCUT2D eigenvalue weighted by Gasteiger charge is -2.13. The summed E-state index contributed by atoms with van der Waals surface area (Å²) in [5.74, 6) is 1.79. The van der Waals surface area contributed by atoms with Gasteiger partial charge in [-0.2, -0.15) is 5.10 Å². The van der Waals surface area contributed by atoms with E-state index in [4.69, 9.17) is 14.7 Å². The van der Waals surface area contributed by atoms with Crippen molar-refractivity contribution < 1.29 is 4.74 Å². The highest BCUT2D eigenvalue weighted by Gasteiger charge is 2.19. The van der Waals surface area contributed by atoms with Crippen LogP contribution in [-0.4, -0.2) is 39.0 Å². The first-order chi connectivity index (χ1) is 10.7. The summed E-state index contributed by atoms with van der Waals surface area (Å²) >= 11 is 0. The van der Waals surface area contributed by atoms with Crippen LogP contribution in [0.25, 0.3) is 11.0 Å². The molecule has 3 heterocycles. The molecule has 1 saturated heterocycles. The van der Waals surface area contributed by atoms with E-state index < -0.39 is 0 Å². The molecular formula is C16H25N5O. The predicted molar refractivity (Wildman–Crippen MR) is 87.2 cm³/mol. The SMILES string of the molecule is CCCc1nc(NC[C@@H]2CCCO2)c2c(n1)c(C)nn2CC. The lowest BCUT2D eigenvalue weighted by molar-refractivity contribution is 0.120. The number of aromatic nitrogens is 4. The molecule has 1 atom stereocenters. The van der Waals surface area contributed by atoms with Crippen molar-refractivity contribution >= 4 is 16.9 Å². The van der Waals surface area contributed by atoms with E-state index in [0.717, 1.165) is 73.7 Å². The molecule has 1 N–H and O–H groups in total. The van der Waals surface area contributed by atoms with Crippen LogP contribution in [0.3, 0.4) is 0 Å². The number of aryl methyl sites for hydroxylation is 3. The molecule has 0 amide bonds. The molecule has 3 rings (SSSR count). The van der Waals surface area contributed by atoms with E-state index in [2.05, 4.69) is 24.3 Å². The van der Waals surface area contributed by atoms with Gasteiger partial charge >= 0.3 is 0 Å². The number of hydrogen-bond acceptors (Lipinski definition) is 5. The lowest BCUT2D eigenvalue weighted by atomic mass is 10.2. The van der Waals surface area contributed by atoms with Gasteiger partial charge in [-0.15, -0.1) is 0 Å². The second-order valence-corrected chi connectivity index (χ2v) is 5.85. The molecule has 1 aliphatic heterocycles. The topological polar surface area (TPSA) is 64.9 Å². The average molecular weight is 303 g/mol. The Labute approximate surface area is 131 Å². The molecule has 6 nitrogen and oxygen atoms in total. The first-order valence-corrected chi connectivity index (χ1v) is 8.32. The Kier molecular flexibility index (Phi) is 4.57. The molecule has 0 radical (unpaired) electrons. The summed E-state index contributed by atoms with van der Waals surface area (Å²) in [7, 11) is 0. The quantitative estimate of drug-likeness (QED) is 0.889. The second kappa shape index (κ2) is 6.60. The molecule has 1 aliphatic rings. The van der Waals surface area contributed by atoms with Gasteiger partial charge in [-0.3, -0.25) is 4.68 Å². The highest BCUT2D eigenvalue weighted by Crippen LogP contribution is 2.24. The molecule has 22 heavy (non-hydrogen) atoms. The molecule has 0 unspecified atom stereocenters. The summed E-state index contributed by atoms with van der Waals surface area (Å²) in [6, 6.07) is 0. The fraction of sp³-hybridized carbons (Fsp3) is 0.688. The Bertz CT molecular complexity index is 646. The van der Waals surface area contributed by atoms with Gasteiger partial charge in [0.25, 0.3) is 0 Å². The van der Waals surface area contributed by atoms with E-state index >= 15 is 0 Å². The van der Waals surface area contributed by atoms with Crippen LogP contribution in [0.5, 0.6) is 0 Å². The molecule has 1 fully saturated rings. The van der Waals surface area contributed by atoms with Crippen LogP contribution < -0.4 is 5.32 Å². The molecule has 6 heteroatoms. The normalized spacial score (nSPS) is 18.2. The molecule has 120 valence electrons. The van der Waals surface area contributed by atoms with E-state index in [9.17, 15) is 0 Å². The van der Waals surface area contributed by atoms with Gasteiger partial charge in [-0.25, -0.2) is 9.97 Å². The summed E-state index contributed by atoms with van der Waals surface area (Å²) in [5.41, 5.74) is 2.95. The maximum Gasteiger partial charge on any atom is 0.156 e. The minimum absolute atomic E-state index is 0.290. The van der Waals surface area contributed by atoms with Crippen LogP contribution in [0, 0.1) is 6.92 Å². The number of nitrogens with zero attached hydrogens (tertiary/aromatic N) is 4. The maximum atomic E-state index is 5.70. The minimum Gasteiger partial charge on any atom is -0.376 e. The van der Waals surface area contributed by atoms with Crippen molar-refractivity contribution in [2.45, 2.75) is 59.1 Å². The van der Waals surface area contributed by atoms with Crippen LogP contribution in [0.4, 0.5) is 5.82 Å². The summed E-state index contributed by atoms with van der Waals surface area (Å²) in [6.45, 7) is 8.74. The third-order valence-electron chi connectivity index (χ3n) is 4.10. The van der Waals surface area contributed by atoms with Crippen LogP contribution in [0.2, 0.25) is 0 Å². The second-order valence-electron chi connectivity index (χ2n) is 5.85. The van der Waals surface area contributed by atoms with Crippen LogP contribution in [-0.2, 0) is 17.7 Å². The number of nitrogens with one attached hydrogen (secondary N) is 1. The Balaban J connectivity index is 1.96. The van der Waals surface area contributed by atoms with Crippen molar-refractivity contribution in [3.63, 3.8) is 0 Å². The van der Waals surface area contributed by atoms with Gasteiger partial charge in [0, 0.05) is 26.1 Å². The monoisotopic (exact) mass is 303 g/mol. The maximum absolute atomic E-state index is 5.70. The van der Waals surface area contributed by atoms with Gasteiger partial charge in [0.15, 0.2) is 5.82 Å².